The third-order valence-corrected chi connectivity index (χ3v) is 2.26. The van der Waals surface area contributed by atoms with E-state index in [0.717, 1.165) is 5.56 Å². The average molecular weight is 245 g/mol. The molecular weight excluding hydrogens is 231 g/mol. The number of rotatable bonds is 3. The molecule has 0 saturated heterocycles. The van der Waals surface area contributed by atoms with E-state index >= 15 is 0 Å². The molecule has 0 bridgehead atoms. The zero-order chi connectivity index (χ0) is 13.1. The minimum absolute atomic E-state index is 0.227. The quantitative estimate of drug-likeness (QED) is 0.871. The Kier molecular flexibility index (Phi) is 4.15. The standard InChI is InChI=1S/C12H14F3NO/c1-8(2)9-4-3-5-10(6-9)11(17)16-7-12(13,14)15/h3-6,8H,7H2,1-2H3,(H,16,17). The van der Waals surface area contributed by atoms with Crippen LogP contribution in [0, 0.1) is 0 Å². The Labute approximate surface area is 97.8 Å². The van der Waals surface area contributed by atoms with Gasteiger partial charge in [-0.1, -0.05) is 26.0 Å². The van der Waals surface area contributed by atoms with Gasteiger partial charge in [-0.3, -0.25) is 4.79 Å². The summed E-state index contributed by atoms with van der Waals surface area (Å²) in [6.45, 7) is 2.59. The molecule has 1 N–H and O–H groups in total. The van der Waals surface area contributed by atoms with Crippen molar-refractivity contribution in [2.75, 3.05) is 6.54 Å². The van der Waals surface area contributed by atoms with Gasteiger partial charge in [0, 0.05) is 5.56 Å². The molecule has 0 fully saturated rings. The number of halogens is 3. The van der Waals surface area contributed by atoms with Crippen molar-refractivity contribution in [3.63, 3.8) is 0 Å². The molecule has 5 heteroatoms. The average Bonchev–Trinajstić information content (AvgIpc) is 2.25. The maximum Gasteiger partial charge on any atom is 0.405 e. The van der Waals surface area contributed by atoms with Gasteiger partial charge in [0.2, 0.25) is 0 Å². The van der Waals surface area contributed by atoms with Crippen LogP contribution in [0.1, 0.15) is 35.7 Å². The zero-order valence-corrected chi connectivity index (χ0v) is 9.64. The highest BCUT2D eigenvalue weighted by molar-refractivity contribution is 5.94. The van der Waals surface area contributed by atoms with Gasteiger partial charge in [-0.25, -0.2) is 0 Å². The Morgan fingerprint density at radius 1 is 1.35 bits per heavy atom. The predicted octanol–water partition coefficient (Wildman–Crippen LogP) is 3.10. The van der Waals surface area contributed by atoms with E-state index in [-0.39, 0.29) is 11.5 Å². The lowest BCUT2D eigenvalue weighted by Gasteiger charge is -2.10. The van der Waals surface area contributed by atoms with Crippen molar-refractivity contribution in [3.8, 4) is 0 Å². The second kappa shape index (κ2) is 5.21. The fourth-order valence-corrected chi connectivity index (χ4v) is 1.32. The molecule has 17 heavy (non-hydrogen) atoms. The Bertz CT molecular complexity index is 399. The second-order valence-corrected chi connectivity index (χ2v) is 4.08. The maximum atomic E-state index is 11.9. The van der Waals surface area contributed by atoms with Gasteiger partial charge < -0.3 is 5.32 Å². The van der Waals surface area contributed by atoms with Crippen LogP contribution >= 0.6 is 0 Å². The molecule has 1 aromatic carbocycles. The molecule has 0 heterocycles. The minimum Gasteiger partial charge on any atom is -0.343 e. The van der Waals surface area contributed by atoms with Crippen molar-refractivity contribution in [1.29, 1.82) is 0 Å². The normalized spacial score (nSPS) is 11.6. The van der Waals surface area contributed by atoms with Crippen LogP contribution in [0.5, 0.6) is 0 Å². The smallest absolute Gasteiger partial charge is 0.343 e. The first-order valence-corrected chi connectivity index (χ1v) is 5.24. The van der Waals surface area contributed by atoms with Crippen molar-refractivity contribution in [3.05, 3.63) is 35.4 Å². The fraction of sp³-hybridized carbons (Fsp3) is 0.417. The maximum absolute atomic E-state index is 11.9. The number of carbonyl (C=O) groups is 1. The summed E-state index contributed by atoms with van der Waals surface area (Å²) in [7, 11) is 0. The molecule has 94 valence electrons. The van der Waals surface area contributed by atoms with Crippen LogP contribution in [0.4, 0.5) is 13.2 Å². The Morgan fingerprint density at radius 2 is 2.00 bits per heavy atom. The van der Waals surface area contributed by atoms with E-state index in [9.17, 15) is 18.0 Å². The van der Waals surface area contributed by atoms with Crippen molar-refractivity contribution in [2.45, 2.75) is 25.9 Å². The van der Waals surface area contributed by atoms with Gasteiger partial charge in [-0.2, -0.15) is 13.2 Å². The van der Waals surface area contributed by atoms with Crippen LogP contribution in [0.15, 0.2) is 24.3 Å². The molecule has 0 atom stereocenters. The van der Waals surface area contributed by atoms with Crippen LogP contribution < -0.4 is 5.32 Å². The summed E-state index contributed by atoms with van der Waals surface area (Å²) < 4.78 is 35.8. The highest BCUT2D eigenvalue weighted by Gasteiger charge is 2.27. The predicted molar refractivity (Wildman–Crippen MR) is 58.9 cm³/mol. The summed E-state index contributed by atoms with van der Waals surface area (Å²) in [6.07, 6.45) is -4.38. The van der Waals surface area contributed by atoms with Gasteiger partial charge in [0.05, 0.1) is 0 Å². The van der Waals surface area contributed by atoms with Crippen LogP contribution in [0.2, 0.25) is 0 Å². The molecular formula is C12H14F3NO. The summed E-state index contributed by atoms with van der Waals surface area (Å²) in [5, 5.41) is 1.84. The van der Waals surface area contributed by atoms with Gasteiger partial charge in [-0.05, 0) is 23.6 Å². The molecule has 0 aromatic heterocycles. The van der Waals surface area contributed by atoms with Crippen molar-refractivity contribution >= 4 is 5.91 Å². The molecule has 0 spiro atoms. The van der Waals surface area contributed by atoms with Crippen LogP contribution in [-0.2, 0) is 0 Å². The van der Waals surface area contributed by atoms with Crippen molar-refractivity contribution in [2.24, 2.45) is 0 Å². The monoisotopic (exact) mass is 245 g/mol. The molecule has 0 unspecified atom stereocenters. The fourth-order valence-electron chi connectivity index (χ4n) is 1.32. The first kappa shape index (κ1) is 13.5. The Balaban J connectivity index is 2.72. The van der Waals surface area contributed by atoms with E-state index in [0.29, 0.717) is 0 Å². The third-order valence-electron chi connectivity index (χ3n) is 2.26. The van der Waals surface area contributed by atoms with Crippen molar-refractivity contribution in [1.82, 2.24) is 5.32 Å². The topological polar surface area (TPSA) is 29.1 Å². The lowest BCUT2D eigenvalue weighted by molar-refractivity contribution is -0.123. The molecule has 0 radical (unpaired) electrons. The molecule has 0 aliphatic heterocycles. The largest absolute Gasteiger partial charge is 0.405 e. The molecule has 0 saturated carbocycles. The summed E-state index contributed by atoms with van der Waals surface area (Å²) in [5.74, 6) is -0.477. The lowest BCUT2D eigenvalue weighted by Crippen LogP contribution is -2.33. The second-order valence-electron chi connectivity index (χ2n) is 4.08. The van der Waals surface area contributed by atoms with Gasteiger partial charge >= 0.3 is 6.18 Å². The SMILES string of the molecule is CC(C)c1cccc(C(=O)NCC(F)(F)F)c1. The van der Waals surface area contributed by atoms with E-state index in [1.165, 1.54) is 6.07 Å². The van der Waals surface area contributed by atoms with Gasteiger partial charge in [0.1, 0.15) is 6.54 Å². The van der Waals surface area contributed by atoms with E-state index in [4.69, 9.17) is 0 Å². The number of benzene rings is 1. The first-order valence-electron chi connectivity index (χ1n) is 5.24. The van der Waals surface area contributed by atoms with Gasteiger partial charge in [0.25, 0.3) is 5.91 Å². The summed E-state index contributed by atoms with van der Waals surface area (Å²) in [5.41, 5.74) is 1.17. The van der Waals surface area contributed by atoms with Crippen molar-refractivity contribution < 1.29 is 18.0 Å². The summed E-state index contributed by atoms with van der Waals surface area (Å²) >= 11 is 0. The number of hydrogen-bond donors (Lipinski definition) is 1. The highest BCUT2D eigenvalue weighted by Crippen LogP contribution is 2.16. The van der Waals surface area contributed by atoms with Crippen LogP contribution in [-0.4, -0.2) is 18.6 Å². The number of alkyl halides is 3. The highest BCUT2D eigenvalue weighted by atomic mass is 19.4. The summed E-state index contributed by atoms with van der Waals surface area (Å²) in [6, 6.07) is 6.61. The summed E-state index contributed by atoms with van der Waals surface area (Å²) in [4.78, 5) is 11.5. The Morgan fingerprint density at radius 3 is 2.53 bits per heavy atom. The number of amides is 1. The van der Waals surface area contributed by atoms with E-state index in [1.54, 1.807) is 12.1 Å². The van der Waals surface area contributed by atoms with Crippen LogP contribution in [0.3, 0.4) is 0 Å². The molecule has 1 amide bonds. The first-order chi connectivity index (χ1) is 7.79. The molecule has 0 aliphatic rings. The Hall–Kier alpha value is -1.52. The number of hydrogen-bond acceptors (Lipinski definition) is 1. The number of nitrogens with one attached hydrogen (secondary N) is 1. The molecule has 0 aliphatic carbocycles. The number of carbonyl (C=O) groups excluding carboxylic acids is 1. The molecule has 1 rings (SSSR count). The third kappa shape index (κ3) is 4.46. The van der Waals surface area contributed by atoms with E-state index in [1.807, 2.05) is 25.2 Å². The van der Waals surface area contributed by atoms with Gasteiger partial charge in [0.15, 0.2) is 0 Å². The molecule has 2 nitrogen and oxygen atoms in total. The van der Waals surface area contributed by atoms with Crippen LogP contribution in [0.25, 0.3) is 0 Å². The van der Waals surface area contributed by atoms with E-state index < -0.39 is 18.6 Å². The van der Waals surface area contributed by atoms with Gasteiger partial charge in [-0.15, -0.1) is 0 Å². The molecule has 1 aromatic rings. The van der Waals surface area contributed by atoms with E-state index in [2.05, 4.69) is 0 Å². The zero-order valence-electron chi connectivity index (χ0n) is 9.64. The minimum atomic E-state index is -4.38. The lowest BCUT2D eigenvalue weighted by atomic mass is 10.0.